The molecule has 1 saturated carbocycles. The fourth-order valence-electron chi connectivity index (χ4n) is 1.93. The van der Waals surface area contributed by atoms with Gasteiger partial charge in [-0.1, -0.05) is 0 Å². The van der Waals surface area contributed by atoms with Gasteiger partial charge in [-0.2, -0.15) is 13.2 Å². The highest BCUT2D eigenvalue weighted by atomic mass is 35.5. The summed E-state index contributed by atoms with van der Waals surface area (Å²) in [6, 6.07) is 0. The lowest BCUT2D eigenvalue weighted by molar-refractivity contribution is -0.144. The summed E-state index contributed by atoms with van der Waals surface area (Å²) in [7, 11) is 0. The van der Waals surface area contributed by atoms with Gasteiger partial charge < -0.3 is 5.32 Å². The second-order valence-corrected chi connectivity index (χ2v) is 5.15. The molecule has 1 aliphatic carbocycles. The summed E-state index contributed by atoms with van der Waals surface area (Å²) in [5.41, 5.74) is 0. The molecule has 0 unspecified atom stereocenters. The molecule has 1 rings (SSSR count). The minimum Gasteiger partial charge on any atom is -0.356 e. The molecule has 0 aromatic rings. The maximum absolute atomic E-state index is 11.9. The zero-order chi connectivity index (χ0) is 12.9. The summed E-state index contributed by atoms with van der Waals surface area (Å²) in [5, 5.41) is 2.77. The van der Waals surface area contributed by atoms with Gasteiger partial charge in [-0.25, -0.2) is 0 Å². The normalized spacial score (nSPS) is 25.6. The maximum Gasteiger partial charge on any atom is 0.389 e. The molecular formula is C11H17ClF3NO. The molecule has 0 atom stereocenters. The third-order valence-electron chi connectivity index (χ3n) is 3.00. The molecule has 0 radical (unpaired) electrons. The van der Waals surface area contributed by atoms with Crippen LogP contribution in [0.25, 0.3) is 0 Å². The van der Waals surface area contributed by atoms with E-state index in [-0.39, 0.29) is 5.38 Å². The molecule has 6 heteroatoms. The third-order valence-corrected chi connectivity index (χ3v) is 3.44. The molecule has 1 fully saturated rings. The van der Waals surface area contributed by atoms with Gasteiger partial charge in [0, 0.05) is 18.3 Å². The van der Waals surface area contributed by atoms with Gasteiger partial charge in [0.2, 0.25) is 5.91 Å². The zero-order valence-electron chi connectivity index (χ0n) is 9.52. The summed E-state index contributed by atoms with van der Waals surface area (Å²) in [5.74, 6) is -0.157. The lowest BCUT2D eigenvalue weighted by atomic mass is 9.89. The number of hydrogen-bond donors (Lipinski definition) is 1. The van der Waals surface area contributed by atoms with E-state index >= 15 is 0 Å². The van der Waals surface area contributed by atoms with Crippen LogP contribution < -0.4 is 5.32 Å². The Hall–Kier alpha value is -0.450. The number of hydrogen-bond acceptors (Lipinski definition) is 1. The average molecular weight is 272 g/mol. The van der Waals surface area contributed by atoms with Gasteiger partial charge in [-0.3, -0.25) is 4.79 Å². The third kappa shape index (κ3) is 6.76. The molecule has 1 N–H and O–H groups in total. The smallest absolute Gasteiger partial charge is 0.356 e. The molecule has 17 heavy (non-hydrogen) atoms. The SMILES string of the molecule is O=C(CCC(F)(F)F)NCC1CCC(Cl)CC1. The number of alkyl halides is 4. The Morgan fingerprint density at radius 1 is 1.24 bits per heavy atom. The van der Waals surface area contributed by atoms with Crippen molar-refractivity contribution in [2.75, 3.05) is 6.54 Å². The minimum atomic E-state index is -4.26. The van der Waals surface area contributed by atoms with Crippen molar-refractivity contribution in [3.05, 3.63) is 0 Å². The Bertz CT molecular complexity index is 250. The minimum absolute atomic E-state index is 0.215. The van der Waals surface area contributed by atoms with E-state index in [1.54, 1.807) is 0 Å². The van der Waals surface area contributed by atoms with Gasteiger partial charge in [0.1, 0.15) is 0 Å². The van der Waals surface area contributed by atoms with E-state index in [1.807, 2.05) is 0 Å². The van der Waals surface area contributed by atoms with E-state index in [9.17, 15) is 18.0 Å². The van der Waals surface area contributed by atoms with Crippen LogP contribution in [0.4, 0.5) is 13.2 Å². The van der Waals surface area contributed by atoms with Crippen LogP contribution in [0.2, 0.25) is 0 Å². The first kappa shape index (κ1) is 14.6. The molecule has 0 bridgehead atoms. The zero-order valence-corrected chi connectivity index (χ0v) is 10.3. The molecule has 0 aromatic heterocycles. The number of carbonyl (C=O) groups is 1. The Kier molecular flexibility index (Phi) is 5.56. The second kappa shape index (κ2) is 6.47. The van der Waals surface area contributed by atoms with Crippen molar-refractivity contribution in [3.63, 3.8) is 0 Å². The first-order chi connectivity index (χ1) is 7.87. The summed E-state index contributed by atoms with van der Waals surface area (Å²) < 4.78 is 35.6. The van der Waals surface area contributed by atoms with E-state index in [0.717, 1.165) is 25.7 Å². The average Bonchev–Trinajstić information content (AvgIpc) is 2.25. The maximum atomic E-state index is 11.9. The molecule has 100 valence electrons. The quantitative estimate of drug-likeness (QED) is 0.782. The van der Waals surface area contributed by atoms with E-state index < -0.39 is 24.9 Å². The Balaban J connectivity index is 2.11. The molecule has 1 aliphatic rings. The Morgan fingerprint density at radius 3 is 2.35 bits per heavy atom. The number of carbonyl (C=O) groups excluding carboxylic acids is 1. The van der Waals surface area contributed by atoms with Crippen molar-refractivity contribution in [1.29, 1.82) is 0 Å². The summed E-state index contributed by atoms with van der Waals surface area (Å²) in [6.45, 7) is 0.473. The summed E-state index contributed by atoms with van der Waals surface area (Å²) in [4.78, 5) is 11.2. The Labute approximate surface area is 104 Å². The molecule has 0 aromatic carbocycles. The largest absolute Gasteiger partial charge is 0.389 e. The second-order valence-electron chi connectivity index (χ2n) is 4.54. The van der Waals surface area contributed by atoms with Crippen molar-refractivity contribution in [2.24, 2.45) is 5.92 Å². The van der Waals surface area contributed by atoms with Crippen LogP contribution in [0, 0.1) is 5.92 Å². The van der Waals surface area contributed by atoms with E-state index in [2.05, 4.69) is 5.32 Å². The number of rotatable bonds is 4. The van der Waals surface area contributed by atoms with Crippen LogP contribution >= 0.6 is 11.6 Å². The van der Waals surface area contributed by atoms with Crippen molar-refractivity contribution in [1.82, 2.24) is 5.32 Å². The van der Waals surface area contributed by atoms with Crippen LogP contribution in [0.1, 0.15) is 38.5 Å². The highest BCUT2D eigenvalue weighted by Crippen LogP contribution is 2.27. The lowest BCUT2D eigenvalue weighted by Crippen LogP contribution is -2.32. The van der Waals surface area contributed by atoms with Gasteiger partial charge in [-0.05, 0) is 31.6 Å². The van der Waals surface area contributed by atoms with Gasteiger partial charge in [0.25, 0.3) is 0 Å². The van der Waals surface area contributed by atoms with Gasteiger partial charge in [0.05, 0.1) is 6.42 Å². The van der Waals surface area contributed by atoms with Crippen LogP contribution in [-0.4, -0.2) is 24.0 Å². The monoisotopic (exact) mass is 271 g/mol. The van der Waals surface area contributed by atoms with Gasteiger partial charge in [-0.15, -0.1) is 11.6 Å². The molecule has 1 amide bonds. The molecule has 0 spiro atoms. The first-order valence-corrected chi connectivity index (χ1v) is 6.28. The predicted octanol–water partition coefficient (Wildman–Crippen LogP) is 3.24. The fourth-order valence-corrected chi connectivity index (χ4v) is 2.18. The summed E-state index contributed by atoms with van der Waals surface area (Å²) in [6.07, 6.45) is -2.06. The molecule has 2 nitrogen and oxygen atoms in total. The topological polar surface area (TPSA) is 29.1 Å². The fraction of sp³-hybridized carbons (Fsp3) is 0.909. The molecule has 0 heterocycles. The van der Waals surface area contributed by atoms with E-state index in [4.69, 9.17) is 11.6 Å². The van der Waals surface area contributed by atoms with Crippen LogP contribution in [0.15, 0.2) is 0 Å². The van der Waals surface area contributed by atoms with Gasteiger partial charge in [0.15, 0.2) is 0 Å². The van der Waals surface area contributed by atoms with Crippen LogP contribution in [-0.2, 0) is 4.79 Å². The van der Waals surface area contributed by atoms with Crippen LogP contribution in [0.3, 0.4) is 0 Å². The first-order valence-electron chi connectivity index (χ1n) is 5.84. The predicted molar refractivity (Wildman–Crippen MR) is 59.9 cm³/mol. The highest BCUT2D eigenvalue weighted by molar-refractivity contribution is 6.20. The molecular weight excluding hydrogens is 255 g/mol. The number of halogens is 4. The van der Waals surface area contributed by atoms with E-state index in [0.29, 0.717) is 12.5 Å². The van der Waals surface area contributed by atoms with Crippen molar-refractivity contribution >= 4 is 17.5 Å². The highest BCUT2D eigenvalue weighted by Gasteiger charge is 2.28. The van der Waals surface area contributed by atoms with Crippen LogP contribution in [0.5, 0.6) is 0 Å². The van der Waals surface area contributed by atoms with Crippen molar-refractivity contribution in [2.45, 2.75) is 50.1 Å². The van der Waals surface area contributed by atoms with E-state index in [1.165, 1.54) is 0 Å². The number of nitrogens with one attached hydrogen (secondary N) is 1. The van der Waals surface area contributed by atoms with Crippen molar-refractivity contribution in [3.8, 4) is 0 Å². The Morgan fingerprint density at radius 2 is 1.82 bits per heavy atom. The standard InChI is InChI=1S/C11H17ClF3NO/c12-9-3-1-8(2-4-9)7-16-10(17)5-6-11(13,14)15/h8-9H,1-7H2,(H,16,17). The molecule has 0 saturated heterocycles. The summed E-state index contributed by atoms with van der Waals surface area (Å²) >= 11 is 5.93. The molecule has 0 aliphatic heterocycles. The van der Waals surface area contributed by atoms with Gasteiger partial charge >= 0.3 is 6.18 Å². The lowest BCUT2D eigenvalue weighted by Gasteiger charge is -2.25. The number of amides is 1. The van der Waals surface area contributed by atoms with Crippen molar-refractivity contribution < 1.29 is 18.0 Å².